The van der Waals surface area contributed by atoms with Gasteiger partial charge >= 0.3 is 0 Å². The molecule has 2 aromatic heterocycles. The second kappa shape index (κ2) is 12.0. The van der Waals surface area contributed by atoms with Crippen molar-refractivity contribution in [1.82, 2.24) is 24.8 Å². The molecular formula is C28H35ClN6O4. The van der Waals surface area contributed by atoms with E-state index in [1.807, 2.05) is 44.2 Å². The number of rotatable bonds is 10. The van der Waals surface area contributed by atoms with Gasteiger partial charge in [0, 0.05) is 31.8 Å². The van der Waals surface area contributed by atoms with Gasteiger partial charge in [-0.1, -0.05) is 23.7 Å². The SMILES string of the molecule is COc1ccc(C2=C(C)C(Cl)=CC(OC)(C(C)Nc3ncnc4nc[nH]c34)C2OCCN2CCOCC2)cc1. The summed E-state index contributed by atoms with van der Waals surface area (Å²) in [5.74, 6) is 1.40. The number of allylic oxidation sites excluding steroid dienone is 2. The number of hydrogen-bond acceptors (Lipinski definition) is 9. The summed E-state index contributed by atoms with van der Waals surface area (Å²) in [6, 6.07) is 7.63. The zero-order chi connectivity index (χ0) is 27.4. The summed E-state index contributed by atoms with van der Waals surface area (Å²) < 4.78 is 24.1. The predicted octanol–water partition coefficient (Wildman–Crippen LogP) is 3.87. The lowest BCUT2D eigenvalue weighted by Crippen LogP contribution is -2.57. The van der Waals surface area contributed by atoms with Crippen molar-refractivity contribution in [3.05, 3.63) is 59.2 Å². The number of nitrogens with zero attached hydrogens (tertiary/aromatic N) is 4. The van der Waals surface area contributed by atoms with Crippen LogP contribution in [-0.2, 0) is 14.2 Å². The quantitative estimate of drug-likeness (QED) is 0.386. The van der Waals surface area contributed by atoms with Gasteiger partial charge in [-0.3, -0.25) is 4.90 Å². The number of hydrogen-bond donors (Lipinski definition) is 2. The van der Waals surface area contributed by atoms with Gasteiger partial charge in [-0.2, -0.15) is 0 Å². The summed E-state index contributed by atoms with van der Waals surface area (Å²) in [6.45, 7) is 8.62. The van der Waals surface area contributed by atoms with Crippen molar-refractivity contribution >= 4 is 34.2 Å². The summed E-state index contributed by atoms with van der Waals surface area (Å²) in [7, 11) is 3.35. The standard InChI is InChI=1S/C28H35ClN6O4/c1-18-22(29)15-28(37-4,19(2)34-27-24-26(31-16-30-24)32-17-33-27)25(39-14-11-35-9-12-38-13-10-35)23(18)20-5-7-21(36-3)8-6-20/h5-8,15-17,19,25H,9-14H2,1-4H3,(H2,30,31,32,33,34). The minimum atomic E-state index is -0.964. The van der Waals surface area contributed by atoms with Gasteiger partial charge in [-0.25, -0.2) is 15.0 Å². The van der Waals surface area contributed by atoms with Crippen LogP contribution in [0.1, 0.15) is 19.4 Å². The Bertz CT molecular complexity index is 1340. The van der Waals surface area contributed by atoms with Crippen molar-refractivity contribution in [2.45, 2.75) is 31.6 Å². The molecule has 1 aliphatic carbocycles. The van der Waals surface area contributed by atoms with Crippen molar-refractivity contribution in [1.29, 1.82) is 0 Å². The Labute approximate surface area is 233 Å². The largest absolute Gasteiger partial charge is 0.497 e. The molecule has 3 atom stereocenters. The van der Waals surface area contributed by atoms with Crippen LogP contribution in [0, 0.1) is 0 Å². The monoisotopic (exact) mass is 554 g/mol. The third kappa shape index (κ3) is 5.53. The number of H-pyrrole nitrogens is 1. The molecule has 2 aliphatic rings. The number of ether oxygens (including phenoxy) is 4. The van der Waals surface area contributed by atoms with Crippen LogP contribution in [0.25, 0.3) is 16.7 Å². The zero-order valence-electron chi connectivity index (χ0n) is 22.7. The molecular weight excluding hydrogens is 520 g/mol. The maximum atomic E-state index is 6.93. The zero-order valence-corrected chi connectivity index (χ0v) is 23.5. The van der Waals surface area contributed by atoms with E-state index in [4.69, 9.17) is 30.5 Å². The van der Waals surface area contributed by atoms with Gasteiger partial charge in [0.15, 0.2) is 11.5 Å². The van der Waals surface area contributed by atoms with Gasteiger partial charge < -0.3 is 29.2 Å². The molecule has 3 heterocycles. The van der Waals surface area contributed by atoms with E-state index in [2.05, 4.69) is 30.2 Å². The summed E-state index contributed by atoms with van der Waals surface area (Å²) in [6.07, 6.45) is 4.58. The molecule has 1 saturated heterocycles. The number of anilines is 1. The molecule has 0 bridgehead atoms. The molecule has 0 saturated carbocycles. The lowest BCUT2D eigenvalue weighted by molar-refractivity contribution is -0.0893. The van der Waals surface area contributed by atoms with Crippen LogP contribution in [0.15, 0.2) is 53.6 Å². The molecule has 0 amide bonds. The Balaban J connectivity index is 1.51. The van der Waals surface area contributed by atoms with E-state index in [1.54, 1.807) is 20.5 Å². The first-order chi connectivity index (χ1) is 19.0. The lowest BCUT2D eigenvalue weighted by atomic mass is 9.76. The predicted molar refractivity (Wildman–Crippen MR) is 151 cm³/mol. The highest BCUT2D eigenvalue weighted by molar-refractivity contribution is 6.33. The summed E-state index contributed by atoms with van der Waals surface area (Å²) in [5.41, 5.74) is 3.23. The number of aromatic amines is 1. The molecule has 0 spiro atoms. The second-order valence-electron chi connectivity index (χ2n) is 9.71. The van der Waals surface area contributed by atoms with Crippen LogP contribution in [0.4, 0.5) is 5.82 Å². The Hall–Kier alpha value is -3.02. The molecule has 2 N–H and O–H groups in total. The van der Waals surface area contributed by atoms with Crippen LogP contribution in [0.2, 0.25) is 0 Å². The highest BCUT2D eigenvalue weighted by Gasteiger charge is 2.49. The average Bonchev–Trinajstić information content (AvgIpc) is 3.46. The molecule has 208 valence electrons. The van der Waals surface area contributed by atoms with Crippen molar-refractivity contribution in [2.24, 2.45) is 0 Å². The molecule has 1 fully saturated rings. The molecule has 0 radical (unpaired) electrons. The van der Waals surface area contributed by atoms with Crippen molar-refractivity contribution in [3.63, 3.8) is 0 Å². The third-order valence-corrected chi connectivity index (χ3v) is 7.98. The number of aromatic nitrogens is 4. The fourth-order valence-corrected chi connectivity index (χ4v) is 5.57. The van der Waals surface area contributed by atoms with Gasteiger partial charge in [0.1, 0.15) is 29.3 Å². The maximum absolute atomic E-state index is 6.93. The summed E-state index contributed by atoms with van der Waals surface area (Å²) in [4.78, 5) is 18.4. The molecule has 11 heteroatoms. The Morgan fingerprint density at radius 2 is 1.95 bits per heavy atom. The van der Waals surface area contributed by atoms with Crippen LogP contribution < -0.4 is 10.1 Å². The van der Waals surface area contributed by atoms with Crippen LogP contribution >= 0.6 is 11.6 Å². The Morgan fingerprint density at radius 1 is 1.18 bits per heavy atom. The first kappa shape index (κ1) is 27.5. The number of fused-ring (bicyclic) bond motifs is 1. The first-order valence-electron chi connectivity index (χ1n) is 13.1. The van der Waals surface area contributed by atoms with E-state index in [0.29, 0.717) is 28.6 Å². The number of methoxy groups -OCH3 is 2. The Morgan fingerprint density at radius 3 is 2.67 bits per heavy atom. The number of nitrogens with one attached hydrogen (secondary N) is 2. The first-order valence-corrected chi connectivity index (χ1v) is 13.5. The molecule has 1 aliphatic heterocycles. The van der Waals surface area contributed by atoms with E-state index in [-0.39, 0.29) is 6.04 Å². The molecule has 5 rings (SSSR count). The molecule has 10 nitrogen and oxygen atoms in total. The van der Waals surface area contributed by atoms with Gasteiger partial charge in [-0.05, 0) is 48.8 Å². The van der Waals surface area contributed by atoms with Crippen LogP contribution in [0.5, 0.6) is 5.75 Å². The molecule has 39 heavy (non-hydrogen) atoms. The Kier molecular flexibility index (Phi) is 8.49. The number of benzene rings is 1. The lowest BCUT2D eigenvalue weighted by Gasteiger charge is -2.46. The van der Waals surface area contributed by atoms with Gasteiger partial charge in [-0.15, -0.1) is 0 Å². The van der Waals surface area contributed by atoms with Crippen LogP contribution in [-0.4, -0.2) is 96.3 Å². The fourth-order valence-electron chi connectivity index (χ4n) is 5.30. The van der Waals surface area contributed by atoms with E-state index < -0.39 is 11.7 Å². The third-order valence-electron chi connectivity index (χ3n) is 7.59. The van der Waals surface area contributed by atoms with E-state index in [1.165, 1.54) is 6.33 Å². The normalized spacial score (nSPS) is 23.1. The van der Waals surface area contributed by atoms with Gasteiger partial charge in [0.2, 0.25) is 0 Å². The average molecular weight is 555 g/mol. The highest BCUT2D eigenvalue weighted by Crippen LogP contribution is 2.45. The van der Waals surface area contributed by atoms with Crippen LogP contribution in [0.3, 0.4) is 0 Å². The van der Waals surface area contributed by atoms with Gasteiger partial charge in [0.05, 0.1) is 39.3 Å². The smallest absolute Gasteiger partial charge is 0.182 e. The number of morpholine rings is 1. The van der Waals surface area contributed by atoms with Crippen molar-refractivity contribution < 1.29 is 18.9 Å². The minimum absolute atomic E-state index is 0.313. The summed E-state index contributed by atoms with van der Waals surface area (Å²) >= 11 is 6.93. The van der Waals surface area contributed by atoms with E-state index >= 15 is 0 Å². The van der Waals surface area contributed by atoms with E-state index in [9.17, 15) is 0 Å². The maximum Gasteiger partial charge on any atom is 0.182 e. The molecule has 3 aromatic rings. The van der Waals surface area contributed by atoms with Crippen molar-refractivity contribution in [2.75, 3.05) is 59.0 Å². The topological polar surface area (TPSA) is 107 Å². The minimum Gasteiger partial charge on any atom is -0.497 e. The summed E-state index contributed by atoms with van der Waals surface area (Å²) in [5, 5.41) is 4.14. The highest BCUT2D eigenvalue weighted by atomic mass is 35.5. The number of imidazole rings is 1. The number of halogens is 1. The van der Waals surface area contributed by atoms with Gasteiger partial charge in [0.25, 0.3) is 0 Å². The van der Waals surface area contributed by atoms with E-state index in [0.717, 1.165) is 55.3 Å². The second-order valence-corrected chi connectivity index (χ2v) is 10.1. The fraction of sp³-hybridized carbons (Fsp3) is 0.464. The molecule has 1 aromatic carbocycles. The molecule has 3 unspecified atom stereocenters. The van der Waals surface area contributed by atoms with Crippen molar-refractivity contribution in [3.8, 4) is 5.75 Å².